The minimum atomic E-state index is 0.0170. The molecule has 0 radical (unpaired) electrons. The van der Waals surface area contributed by atoms with Crippen LogP contribution in [0.2, 0.25) is 0 Å². The summed E-state index contributed by atoms with van der Waals surface area (Å²) in [5, 5.41) is 0. The number of likely N-dealkylation sites (tertiary alicyclic amines) is 1. The monoisotopic (exact) mass is 277 g/mol. The lowest BCUT2D eigenvalue weighted by Crippen LogP contribution is -2.43. The number of rotatable bonds is 5. The van der Waals surface area contributed by atoms with Crippen molar-refractivity contribution >= 4 is 11.6 Å². The van der Waals surface area contributed by atoms with Gasteiger partial charge in [-0.1, -0.05) is 19.1 Å². The second kappa shape index (κ2) is 7.26. The highest BCUT2D eigenvalue weighted by Crippen LogP contribution is 2.20. The van der Waals surface area contributed by atoms with Gasteiger partial charge in [0.05, 0.1) is 17.4 Å². The van der Waals surface area contributed by atoms with E-state index in [1.54, 1.807) is 6.07 Å². The summed E-state index contributed by atoms with van der Waals surface area (Å²) in [7, 11) is 0. The number of nitrogens with zero attached hydrogens (tertiary/aromatic N) is 1. The van der Waals surface area contributed by atoms with E-state index in [0.29, 0.717) is 17.8 Å². The zero-order valence-corrected chi connectivity index (χ0v) is 12.0. The first-order valence-electron chi connectivity index (χ1n) is 7.22. The van der Waals surface area contributed by atoms with Crippen LogP contribution in [-0.4, -0.2) is 36.6 Å². The highest BCUT2D eigenvalue weighted by Gasteiger charge is 2.25. The van der Waals surface area contributed by atoms with Gasteiger partial charge in [0.25, 0.3) is 5.91 Å². The molecule has 1 aromatic rings. The van der Waals surface area contributed by atoms with E-state index in [0.717, 1.165) is 32.4 Å². The lowest BCUT2D eigenvalue weighted by atomic mass is 10.1. The Bertz CT molecular complexity index is 450. The van der Waals surface area contributed by atoms with Gasteiger partial charge in [-0.2, -0.15) is 0 Å². The molecule has 1 aliphatic heterocycles. The molecule has 0 saturated carbocycles. The molecule has 1 fully saturated rings. The van der Waals surface area contributed by atoms with Gasteiger partial charge in [-0.25, -0.2) is 0 Å². The summed E-state index contributed by atoms with van der Waals surface area (Å²) in [6.45, 7) is 4.30. The lowest BCUT2D eigenvalue weighted by Gasteiger charge is -2.33. The Morgan fingerprint density at radius 1 is 1.50 bits per heavy atom. The van der Waals surface area contributed by atoms with Crippen LogP contribution in [-0.2, 0) is 4.74 Å². The molecule has 3 N–H and O–H groups in total. The van der Waals surface area contributed by atoms with Gasteiger partial charge < -0.3 is 15.1 Å². The van der Waals surface area contributed by atoms with Crippen LogP contribution in [0.4, 0.5) is 5.69 Å². The molecule has 0 aromatic heterocycles. The van der Waals surface area contributed by atoms with Crippen molar-refractivity contribution in [1.82, 2.24) is 4.90 Å². The van der Waals surface area contributed by atoms with E-state index in [2.05, 4.69) is 12.3 Å². The van der Waals surface area contributed by atoms with Gasteiger partial charge >= 0.3 is 0 Å². The van der Waals surface area contributed by atoms with Crippen LogP contribution in [0, 0.1) is 0 Å². The van der Waals surface area contributed by atoms with Crippen molar-refractivity contribution < 1.29 is 9.53 Å². The molecule has 1 aromatic carbocycles. The molecule has 0 bridgehead atoms. The van der Waals surface area contributed by atoms with Crippen LogP contribution in [0.15, 0.2) is 24.3 Å². The number of amides is 1. The van der Waals surface area contributed by atoms with Crippen molar-refractivity contribution in [3.05, 3.63) is 29.8 Å². The first kappa shape index (κ1) is 14.8. The average molecular weight is 277 g/mol. The number of nitrogens with one attached hydrogen (secondary N) is 1. The Labute approximate surface area is 120 Å². The van der Waals surface area contributed by atoms with E-state index < -0.39 is 0 Å². The topological polar surface area (TPSA) is 67.6 Å². The number of hydrogen-bond acceptors (Lipinski definition) is 4. The molecule has 20 heavy (non-hydrogen) atoms. The fourth-order valence-corrected chi connectivity index (χ4v) is 2.51. The summed E-state index contributed by atoms with van der Waals surface area (Å²) in [5.74, 6) is 5.48. The second-order valence-electron chi connectivity index (χ2n) is 5.08. The molecule has 110 valence electrons. The van der Waals surface area contributed by atoms with Gasteiger partial charge in [0.15, 0.2) is 0 Å². The number of ether oxygens (including phenoxy) is 1. The van der Waals surface area contributed by atoms with Gasteiger partial charge in [0.1, 0.15) is 0 Å². The smallest absolute Gasteiger partial charge is 0.256 e. The fourth-order valence-electron chi connectivity index (χ4n) is 2.51. The van der Waals surface area contributed by atoms with Crippen LogP contribution in [0.5, 0.6) is 0 Å². The van der Waals surface area contributed by atoms with Gasteiger partial charge in [0.2, 0.25) is 0 Å². The molecule has 1 amide bonds. The Hall–Kier alpha value is -1.59. The Morgan fingerprint density at radius 2 is 2.30 bits per heavy atom. The molecule has 1 unspecified atom stereocenters. The normalized spacial score (nSPS) is 18.9. The number of anilines is 1. The number of carbonyl (C=O) groups is 1. The summed E-state index contributed by atoms with van der Waals surface area (Å²) in [4.78, 5) is 14.4. The van der Waals surface area contributed by atoms with E-state index in [-0.39, 0.29) is 12.0 Å². The summed E-state index contributed by atoms with van der Waals surface area (Å²) >= 11 is 0. The third-order valence-electron chi connectivity index (χ3n) is 3.54. The quantitative estimate of drug-likeness (QED) is 0.638. The van der Waals surface area contributed by atoms with Crippen molar-refractivity contribution in [2.45, 2.75) is 32.3 Å². The van der Waals surface area contributed by atoms with Crippen LogP contribution >= 0.6 is 0 Å². The number of carbonyl (C=O) groups excluding carboxylic acids is 1. The van der Waals surface area contributed by atoms with Crippen molar-refractivity contribution in [2.24, 2.45) is 5.84 Å². The number of benzene rings is 1. The van der Waals surface area contributed by atoms with E-state index in [1.165, 1.54) is 0 Å². The summed E-state index contributed by atoms with van der Waals surface area (Å²) in [6, 6.07) is 7.31. The molecule has 2 rings (SSSR count). The third kappa shape index (κ3) is 3.49. The SMILES string of the molecule is CCCOC1CCCN(C(=O)c2ccccc2NN)C1. The lowest BCUT2D eigenvalue weighted by molar-refractivity contribution is 0.00214. The zero-order valence-electron chi connectivity index (χ0n) is 12.0. The number of nitrogen functional groups attached to an aromatic ring is 1. The zero-order chi connectivity index (χ0) is 14.4. The number of para-hydroxylation sites is 1. The van der Waals surface area contributed by atoms with Crippen molar-refractivity contribution in [1.29, 1.82) is 0 Å². The molecular formula is C15H23N3O2. The number of hydrazine groups is 1. The predicted octanol–water partition coefficient (Wildman–Crippen LogP) is 2.00. The molecule has 1 aliphatic rings. The maximum Gasteiger partial charge on any atom is 0.256 e. The van der Waals surface area contributed by atoms with E-state index in [9.17, 15) is 4.79 Å². The van der Waals surface area contributed by atoms with Crippen LogP contribution in [0.3, 0.4) is 0 Å². The van der Waals surface area contributed by atoms with E-state index in [1.807, 2.05) is 23.1 Å². The molecule has 1 heterocycles. The summed E-state index contributed by atoms with van der Waals surface area (Å²) in [6.07, 6.45) is 3.18. The maximum atomic E-state index is 12.6. The van der Waals surface area contributed by atoms with Gasteiger partial charge in [-0.3, -0.25) is 10.6 Å². The Morgan fingerprint density at radius 3 is 3.05 bits per heavy atom. The Kier molecular flexibility index (Phi) is 5.38. The van der Waals surface area contributed by atoms with Crippen LogP contribution in [0.1, 0.15) is 36.5 Å². The van der Waals surface area contributed by atoms with E-state index >= 15 is 0 Å². The first-order valence-corrected chi connectivity index (χ1v) is 7.22. The first-order chi connectivity index (χ1) is 9.76. The second-order valence-corrected chi connectivity index (χ2v) is 5.08. The molecule has 1 saturated heterocycles. The van der Waals surface area contributed by atoms with Gasteiger partial charge in [-0.15, -0.1) is 0 Å². The number of nitrogens with two attached hydrogens (primary N) is 1. The van der Waals surface area contributed by atoms with Crippen molar-refractivity contribution in [2.75, 3.05) is 25.1 Å². The molecule has 0 aliphatic carbocycles. The minimum Gasteiger partial charge on any atom is -0.376 e. The van der Waals surface area contributed by atoms with Crippen LogP contribution < -0.4 is 11.3 Å². The summed E-state index contributed by atoms with van der Waals surface area (Å²) in [5.41, 5.74) is 3.86. The third-order valence-corrected chi connectivity index (χ3v) is 3.54. The highest BCUT2D eigenvalue weighted by atomic mass is 16.5. The van der Waals surface area contributed by atoms with Gasteiger partial charge in [-0.05, 0) is 31.4 Å². The van der Waals surface area contributed by atoms with Crippen molar-refractivity contribution in [3.8, 4) is 0 Å². The summed E-state index contributed by atoms with van der Waals surface area (Å²) < 4.78 is 5.77. The average Bonchev–Trinajstić information content (AvgIpc) is 2.52. The molecular weight excluding hydrogens is 254 g/mol. The molecule has 0 spiro atoms. The fraction of sp³-hybridized carbons (Fsp3) is 0.533. The standard InChI is InChI=1S/C15H23N3O2/c1-2-10-20-12-6-5-9-18(11-12)15(19)13-7-3-4-8-14(13)17-16/h3-4,7-8,12,17H,2,5-6,9-11,16H2,1H3. The van der Waals surface area contributed by atoms with Crippen molar-refractivity contribution in [3.63, 3.8) is 0 Å². The number of hydrogen-bond donors (Lipinski definition) is 2. The molecule has 1 atom stereocenters. The van der Waals surface area contributed by atoms with Crippen LogP contribution in [0.25, 0.3) is 0 Å². The van der Waals surface area contributed by atoms with E-state index in [4.69, 9.17) is 10.6 Å². The number of piperidine rings is 1. The molecule has 5 heteroatoms. The Balaban J connectivity index is 2.04. The largest absolute Gasteiger partial charge is 0.376 e. The minimum absolute atomic E-state index is 0.0170. The predicted molar refractivity (Wildman–Crippen MR) is 79.4 cm³/mol. The van der Waals surface area contributed by atoms with Gasteiger partial charge in [0, 0.05) is 19.7 Å². The highest BCUT2D eigenvalue weighted by molar-refractivity contribution is 5.99. The molecule has 5 nitrogen and oxygen atoms in total. The maximum absolute atomic E-state index is 12.6.